The first-order valence-electron chi connectivity index (χ1n) is 11.3. The molecule has 4 rings (SSSR count). The first-order valence-corrected chi connectivity index (χ1v) is 12.1. The Kier molecular flexibility index (Phi) is 6.56. The van der Waals surface area contributed by atoms with E-state index in [-0.39, 0.29) is 34.5 Å². The minimum Gasteiger partial charge on any atom is -0.502 e. The molecular formula is C24H27FN6O4S. The molecule has 10 nitrogen and oxygen atoms in total. The molecular weight excluding hydrogens is 487 g/mol. The fraction of sp³-hybridized carbons (Fsp3) is 0.375. The Labute approximate surface area is 211 Å². The molecule has 0 aliphatic carbocycles. The standard InChI is InChI=1S/C24H27FN6O4S/c1-6-29-23(35)19-21(34)20(33)16(12-30(19)31(24(29,2)3)13-18(32)28(4)5)22-27-26-17(36-22)11-14-7-9-15(25)10-8-14/h7-10,12,34H,6,11,13H2,1-5H3. The molecule has 12 heteroatoms. The number of halogens is 1. The molecule has 0 saturated carbocycles. The normalized spacial score (nSPS) is 14.7. The van der Waals surface area contributed by atoms with E-state index in [2.05, 4.69) is 10.2 Å². The van der Waals surface area contributed by atoms with Gasteiger partial charge < -0.3 is 14.9 Å². The lowest BCUT2D eigenvalue weighted by atomic mass is 10.1. The molecule has 0 atom stereocenters. The monoisotopic (exact) mass is 514 g/mol. The molecule has 2 aromatic heterocycles. The van der Waals surface area contributed by atoms with Crippen molar-refractivity contribution in [2.45, 2.75) is 32.9 Å². The first kappa shape index (κ1) is 25.3. The third kappa shape index (κ3) is 4.32. The van der Waals surface area contributed by atoms with Crippen LogP contribution in [0.4, 0.5) is 4.39 Å². The van der Waals surface area contributed by atoms with E-state index in [4.69, 9.17) is 0 Å². The van der Waals surface area contributed by atoms with Gasteiger partial charge in [0.05, 0.1) is 5.56 Å². The summed E-state index contributed by atoms with van der Waals surface area (Å²) < 4.78 is 14.6. The van der Waals surface area contributed by atoms with Crippen molar-refractivity contribution in [1.29, 1.82) is 0 Å². The SMILES string of the molecule is CCN1C(=O)c2c(O)c(=O)c(-c3nnc(Cc4ccc(F)cc4)s3)cn2N(CC(=O)N(C)C)C1(C)C. The number of carbonyl (C=O) groups excluding carboxylic acids is 2. The van der Waals surface area contributed by atoms with Crippen molar-refractivity contribution < 1.29 is 19.1 Å². The van der Waals surface area contributed by atoms with Gasteiger partial charge in [-0.15, -0.1) is 10.2 Å². The Morgan fingerprint density at radius 1 is 1.17 bits per heavy atom. The fourth-order valence-corrected chi connectivity index (χ4v) is 5.07. The summed E-state index contributed by atoms with van der Waals surface area (Å²) in [6.45, 7) is 5.57. The van der Waals surface area contributed by atoms with Crippen molar-refractivity contribution in [2.24, 2.45) is 0 Å². The molecule has 0 spiro atoms. The third-order valence-electron chi connectivity index (χ3n) is 6.23. The van der Waals surface area contributed by atoms with E-state index in [9.17, 15) is 23.9 Å². The number of amides is 2. The van der Waals surface area contributed by atoms with E-state index < -0.39 is 22.7 Å². The van der Waals surface area contributed by atoms with Gasteiger partial charge in [0.25, 0.3) is 5.91 Å². The molecule has 1 aliphatic heterocycles. The molecule has 1 aliphatic rings. The smallest absolute Gasteiger partial charge is 0.278 e. The molecule has 0 bridgehead atoms. The van der Waals surface area contributed by atoms with Gasteiger partial charge in [-0.25, -0.2) is 4.39 Å². The molecule has 0 fully saturated rings. The summed E-state index contributed by atoms with van der Waals surface area (Å²) in [6, 6.07) is 5.99. The number of likely N-dealkylation sites (N-methyl/N-ethyl adjacent to an activating group) is 1. The zero-order valence-electron chi connectivity index (χ0n) is 20.6. The van der Waals surface area contributed by atoms with E-state index in [1.165, 1.54) is 32.8 Å². The van der Waals surface area contributed by atoms with E-state index in [1.807, 2.05) is 0 Å². The van der Waals surface area contributed by atoms with Gasteiger partial charge in [0.15, 0.2) is 16.5 Å². The Morgan fingerprint density at radius 2 is 1.83 bits per heavy atom. The van der Waals surface area contributed by atoms with E-state index in [0.29, 0.717) is 18.0 Å². The predicted molar refractivity (Wildman–Crippen MR) is 133 cm³/mol. The Hall–Kier alpha value is -3.80. The Morgan fingerprint density at radius 3 is 2.44 bits per heavy atom. The number of benzene rings is 1. The molecule has 2 amide bonds. The van der Waals surface area contributed by atoms with E-state index in [0.717, 1.165) is 16.9 Å². The van der Waals surface area contributed by atoms with Gasteiger partial charge in [0.2, 0.25) is 11.3 Å². The average Bonchev–Trinajstić information content (AvgIpc) is 3.28. The second-order valence-electron chi connectivity index (χ2n) is 9.11. The molecule has 0 radical (unpaired) electrons. The van der Waals surface area contributed by atoms with Gasteiger partial charge in [-0.05, 0) is 38.5 Å². The number of hydrogen-bond acceptors (Lipinski definition) is 8. The van der Waals surface area contributed by atoms with Crippen molar-refractivity contribution >= 4 is 23.2 Å². The number of aromatic hydroxyl groups is 1. The maximum atomic E-state index is 13.3. The van der Waals surface area contributed by atoms with Crippen LogP contribution in [0, 0.1) is 5.82 Å². The summed E-state index contributed by atoms with van der Waals surface area (Å²) in [6.07, 6.45) is 1.81. The number of rotatable bonds is 6. The minimum absolute atomic E-state index is 0.0509. The lowest BCUT2D eigenvalue weighted by Gasteiger charge is -2.52. The topological polar surface area (TPSA) is 112 Å². The lowest BCUT2D eigenvalue weighted by Crippen LogP contribution is -2.69. The van der Waals surface area contributed by atoms with Gasteiger partial charge in [0.1, 0.15) is 23.0 Å². The van der Waals surface area contributed by atoms with Crippen LogP contribution in [-0.2, 0) is 11.2 Å². The van der Waals surface area contributed by atoms with Crippen molar-refractivity contribution in [3.63, 3.8) is 0 Å². The highest BCUT2D eigenvalue weighted by Crippen LogP contribution is 2.33. The molecule has 0 saturated heterocycles. The van der Waals surface area contributed by atoms with Crippen LogP contribution in [-0.4, -0.2) is 74.4 Å². The quantitative estimate of drug-likeness (QED) is 0.536. The Bertz CT molecular complexity index is 1380. The summed E-state index contributed by atoms with van der Waals surface area (Å²) in [4.78, 5) is 42.1. The van der Waals surface area contributed by atoms with Crippen LogP contribution >= 0.6 is 11.3 Å². The van der Waals surface area contributed by atoms with Crippen LogP contribution in [0.1, 0.15) is 41.8 Å². The van der Waals surface area contributed by atoms with Crippen molar-refractivity contribution in [3.8, 4) is 16.3 Å². The molecule has 1 N–H and O–H groups in total. The average molecular weight is 515 g/mol. The number of aromatic nitrogens is 3. The van der Waals surface area contributed by atoms with Crippen LogP contribution in [0.25, 0.3) is 10.6 Å². The molecule has 3 aromatic rings. The van der Waals surface area contributed by atoms with Crippen molar-refractivity contribution in [2.75, 3.05) is 32.2 Å². The second kappa shape index (κ2) is 9.34. The maximum absolute atomic E-state index is 13.3. The molecule has 3 heterocycles. The highest BCUT2D eigenvalue weighted by Gasteiger charge is 2.45. The number of fused-ring (bicyclic) bond motifs is 1. The molecule has 36 heavy (non-hydrogen) atoms. The molecule has 1 aromatic carbocycles. The van der Waals surface area contributed by atoms with Crippen molar-refractivity contribution in [3.05, 3.63) is 62.8 Å². The number of pyridine rings is 1. The van der Waals surface area contributed by atoms with Crippen LogP contribution < -0.4 is 10.4 Å². The highest BCUT2D eigenvalue weighted by atomic mass is 32.1. The number of nitrogens with zero attached hydrogens (tertiary/aromatic N) is 6. The van der Waals surface area contributed by atoms with Crippen LogP contribution in [0.3, 0.4) is 0 Å². The predicted octanol–water partition coefficient (Wildman–Crippen LogP) is 2.04. The number of hydrogen-bond donors (Lipinski definition) is 1. The second-order valence-corrected chi connectivity index (χ2v) is 10.2. The summed E-state index contributed by atoms with van der Waals surface area (Å²) in [5.41, 5.74) is -1.04. The van der Waals surface area contributed by atoms with Gasteiger partial charge in [-0.1, -0.05) is 23.5 Å². The summed E-state index contributed by atoms with van der Waals surface area (Å²) in [5, 5.41) is 21.6. The summed E-state index contributed by atoms with van der Waals surface area (Å²) in [7, 11) is 3.25. The maximum Gasteiger partial charge on any atom is 0.278 e. The third-order valence-corrected chi connectivity index (χ3v) is 7.19. The number of carbonyl (C=O) groups is 2. The largest absolute Gasteiger partial charge is 0.502 e. The lowest BCUT2D eigenvalue weighted by molar-refractivity contribution is -0.128. The van der Waals surface area contributed by atoms with Crippen molar-refractivity contribution in [1.82, 2.24) is 24.7 Å². The fourth-order valence-electron chi connectivity index (χ4n) is 4.19. The summed E-state index contributed by atoms with van der Waals surface area (Å²) in [5.74, 6) is -1.81. The van der Waals surface area contributed by atoms with Gasteiger partial charge in [-0.3, -0.25) is 24.1 Å². The molecule has 0 unspecified atom stereocenters. The molecule has 190 valence electrons. The zero-order chi connectivity index (χ0) is 26.4. The minimum atomic E-state index is -0.946. The van der Waals surface area contributed by atoms with E-state index >= 15 is 0 Å². The van der Waals surface area contributed by atoms with Gasteiger partial charge in [-0.2, -0.15) is 0 Å². The van der Waals surface area contributed by atoms with Crippen LogP contribution in [0.5, 0.6) is 5.75 Å². The van der Waals surface area contributed by atoms with Gasteiger partial charge >= 0.3 is 0 Å². The first-order chi connectivity index (χ1) is 16.9. The van der Waals surface area contributed by atoms with Crippen LogP contribution in [0.2, 0.25) is 0 Å². The highest BCUT2D eigenvalue weighted by molar-refractivity contribution is 7.14. The van der Waals surface area contributed by atoms with Gasteiger partial charge in [0, 0.05) is 33.3 Å². The van der Waals surface area contributed by atoms with E-state index in [1.54, 1.807) is 52.0 Å². The summed E-state index contributed by atoms with van der Waals surface area (Å²) >= 11 is 1.15. The van der Waals surface area contributed by atoms with Crippen LogP contribution in [0.15, 0.2) is 35.3 Å². The Balaban J connectivity index is 1.82. The zero-order valence-corrected chi connectivity index (χ0v) is 21.5.